The van der Waals surface area contributed by atoms with Crippen molar-refractivity contribution in [1.29, 1.82) is 0 Å². The third kappa shape index (κ3) is 4.30. The van der Waals surface area contributed by atoms with Crippen molar-refractivity contribution >= 4 is 23.5 Å². The molecular weight excluding hydrogens is 250 g/mol. The molecule has 0 aromatic heterocycles. The predicted octanol–water partition coefficient (Wildman–Crippen LogP) is -0.664. The fourth-order valence-corrected chi connectivity index (χ4v) is 1.30. The molecule has 102 valence electrons. The van der Waals surface area contributed by atoms with Gasteiger partial charge in [0, 0.05) is 5.69 Å². The molecule has 1 aromatic rings. The van der Waals surface area contributed by atoms with Gasteiger partial charge in [-0.05, 0) is 18.6 Å². The lowest BCUT2D eigenvalue weighted by atomic mass is 10.1. The molecule has 19 heavy (non-hydrogen) atoms. The van der Waals surface area contributed by atoms with Crippen LogP contribution in [0.25, 0.3) is 0 Å². The van der Waals surface area contributed by atoms with Gasteiger partial charge in [-0.25, -0.2) is 4.79 Å². The van der Waals surface area contributed by atoms with Gasteiger partial charge in [0.25, 0.3) is 5.91 Å². The molecule has 1 aromatic carbocycles. The smallest absolute Gasteiger partial charge is 0.340 e. The number of ether oxygens (including phenoxy) is 1. The lowest BCUT2D eigenvalue weighted by Crippen LogP contribution is -2.36. The van der Waals surface area contributed by atoms with E-state index in [4.69, 9.17) is 16.2 Å². The summed E-state index contributed by atoms with van der Waals surface area (Å²) >= 11 is 0. The standard InChI is InChI=1S/C12H15N3O4/c1-7-3-2-4-8(11(7)14)12(18)19-6-10(17)15-5-9(13)16/h2-4H,5-6,14H2,1H3,(H2,13,16)(H,15,17). The molecule has 0 radical (unpaired) electrons. The van der Waals surface area contributed by atoms with Crippen LogP contribution in [0.4, 0.5) is 5.69 Å². The van der Waals surface area contributed by atoms with Crippen LogP contribution in [0.3, 0.4) is 0 Å². The zero-order valence-corrected chi connectivity index (χ0v) is 10.4. The molecule has 0 saturated heterocycles. The van der Waals surface area contributed by atoms with Gasteiger partial charge in [-0.1, -0.05) is 12.1 Å². The Labute approximate surface area is 109 Å². The van der Waals surface area contributed by atoms with E-state index in [9.17, 15) is 14.4 Å². The van der Waals surface area contributed by atoms with Crippen LogP contribution in [0, 0.1) is 6.92 Å². The maximum atomic E-state index is 11.7. The van der Waals surface area contributed by atoms with Crippen molar-refractivity contribution in [3.05, 3.63) is 29.3 Å². The first-order chi connectivity index (χ1) is 8.91. The minimum Gasteiger partial charge on any atom is -0.452 e. The van der Waals surface area contributed by atoms with Gasteiger partial charge in [-0.3, -0.25) is 9.59 Å². The second-order valence-corrected chi connectivity index (χ2v) is 3.86. The van der Waals surface area contributed by atoms with Crippen LogP contribution in [0.15, 0.2) is 18.2 Å². The van der Waals surface area contributed by atoms with Crippen molar-refractivity contribution in [1.82, 2.24) is 5.32 Å². The van der Waals surface area contributed by atoms with E-state index in [0.717, 1.165) is 5.56 Å². The quantitative estimate of drug-likeness (QED) is 0.481. The van der Waals surface area contributed by atoms with Crippen LogP contribution in [0.5, 0.6) is 0 Å². The first-order valence-electron chi connectivity index (χ1n) is 5.49. The Bertz CT molecular complexity index is 514. The number of nitrogens with one attached hydrogen (secondary N) is 1. The first-order valence-corrected chi connectivity index (χ1v) is 5.49. The van der Waals surface area contributed by atoms with Gasteiger partial charge in [-0.15, -0.1) is 0 Å². The molecule has 0 aliphatic carbocycles. The van der Waals surface area contributed by atoms with Crippen molar-refractivity contribution in [2.75, 3.05) is 18.9 Å². The highest BCUT2D eigenvalue weighted by Crippen LogP contribution is 2.17. The number of carbonyl (C=O) groups is 3. The second kappa shape index (κ2) is 6.39. The number of anilines is 1. The zero-order chi connectivity index (χ0) is 14.4. The Morgan fingerprint density at radius 1 is 1.32 bits per heavy atom. The van der Waals surface area contributed by atoms with Crippen LogP contribution in [0.1, 0.15) is 15.9 Å². The van der Waals surface area contributed by atoms with E-state index >= 15 is 0 Å². The number of esters is 1. The first kappa shape index (κ1) is 14.5. The Morgan fingerprint density at radius 3 is 2.63 bits per heavy atom. The topological polar surface area (TPSA) is 125 Å². The minimum absolute atomic E-state index is 0.197. The molecular formula is C12H15N3O4. The van der Waals surface area contributed by atoms with E-state index in [-0.39, 0.29) is 12.1 Å². The molecule has 7 nitrogen and oxygen atoms in total. The minimum atomic E-state index is -0.699. The molecule has 0 saturated carbocycles. The molecule has 0 aliphatic rings. The lowest BCUT2D eigenvalue weighted by Gasteiger charge is -2.08. The average molecular weight is 265 g/mol. The van der Waals surface area contributed by atoms with E-state index in [1.165, 1.54) is 6.07 Å². The number of hydrogen-bond donors (Lipinski definition) is 3. The third-order valence-corrected chi connectivity index (χ3v) is 2.34. The number of para-hydroxylation sites is 1. The maximum Gasteiger partial charge on any atom is 0.340 e. The molecule has 2 amide bonds. The molecule has 0 spiro atoms. The summed E-state index contributed by atoms with van der Waals surface area (Å²) in [6, 6.07) is 4.92. The largest absolute Gasteiger partial charge is 0.452 e. The van der Waals surface area contributed by atoms with E-state index in [0.29, 0.717) is 5.69 Å². The molecule has 0 heterocycles. The fourth-order valence-electron chi connectivity index (χ4n) is 1.30. The van der Waals surface area contributed by atoms with Gasteiger partial charge in [0.2, 0.25) is 5.91 Å². The van der Waals surface area contributed by atoms with Crippen molar-refractivity contribution in [2.45, 2.75) is 6.92 Å². The number of carbonyl (C=O) groups excluding carboxylic acids is 3. The predicted molar refractivity (Wildman–Crippen MR) is 68.1 cm³/mol. The molecule has 0 aliphatic heterocycles. The van der Waals surface area contributed by atoms with E-state index in [1.54, 1.807) is 19.1 Å². The van der Waals surface area contributed by atoms with Gasteiger partial charge in [0.15, 0.2) is 6.61 Å². The van der Waals surface area contributed by atoms with E-state index < -0.39 is 24.4 Å². The summed E-state index contributed by atoms with van der Waals surface area (Å²) in [6.07, 6.45) is 0. The van der Waals surface area contributed by atoms with Gasteiger partial charge < -0.3 is 21.5 Å². The summed E-state index contributed by atoms with van der Waals surface area (Å²) < 4.78 is 4.77. The second-order valence-electron chi connectivity index (χ2n) is 3.86. The highest BCUT2D eigenvalue weighted by molar-refractivity contribution is 5.97. The number of primary amides is 1. The number of aryl methyl sites for hydroxylation is 1. The molecule has 0 atom stereocenters. The average Bonchev–Trinajstić information content (AvgIpc) is 2.36. The highest BCUT2D eigenvalue weighted by atomic mass is 16.5. The van der Waals surface area contributed by atoms with Gasteiger partial charge in [0.05, 0.1) is 12.1 Å². The molecule has 0 fully saturated rings. The number of amides is 2. The van der Waals surface area contributed by atoms with Crippen LogP contribution in [0.2, 0.25) is 0 Å². The summed E-state index contributed by atoms with van der Waals surface area (Å²) in [6.45, 7) is 0.953. The van der Waals surface area contributed by atoms with Gasteiger partial charge >= 0.3 is 5.97 Å². The summed E-state index contributed by atoms with van der Waals surface area (Å²) in [5.74, 6) is -1.99. The number of nitrogens with two attached hydrogens (primary N) is 2. The summed E-state index contributed by atoms with van der Waals surface area (Å²) in [4.78, 5) is 33.3. The van der Waals surface area contributed by atoms with Crippen LogP contribution < -0.4 is 16.8 Å². The van der Waals surface area contributed by atoms with E-state index in [1.807, 2.05) is 0 Å². The summed E-state index contributed by atoms with van der Waals surface area (Å²) in [7, 11) is 0. The monoisotopic (exact) mass is 265 g/mol. The van der Waals surface area contributed by atoms with Crippen LogP contribution >= 0.6 is 0 Å². The summed E-state index contributed by atoms with van der Waals surface area (Å²) in [5, 5.41) is 2.19. The SMILES string of the molecule is Cc1cccc(C(=O)OCC(=O)NCC(N)=O)c1N. The molecule has 7 heteroatoms. The number of nitrogen functional groups attached to an aromatic ring is 1. The number of rotatable bonds is 5. The molecule has 0 bridgehead atoms. The number of benzene rings is 1. The van der Waals surface area contributed by atoms with Gasteiger partial charge in [-0.2, -0.15) is 0 Å². The van der Waals surface area contributed by atoms with Gasteiger partial charge in [0.1, 0.15) is 0 Å². The zero-order valence-electron chi connectivity index (χ0n) is 10.4. The van der Waals surface area contributed by atoms with Crippen molar-refractivity contribution < 1.29 is 19.1 Å². The van der Waals surface area contributed by atoms with Crippen molar-refractivity contribution in [3.63, 3.8) is 0 Å². The Hall–Kier alpha value is -2.57. The third-order valence-electron chi connectivity index (χ3n) is 2.34. The molecule has 0 unspecified atom stereocenters. The van der Waals surface area contributed by atoms with Crippen molar-refractivity contribution in [3.8, 4) is 0 Å². The van der Waals surface area contributed by atoms with Crippen LogP contribution in [-0.2, 0) is 14.3 Å². The summed E-state index contributed by atoms with van der Waals surface area (Å²) in [5.41, 5.74) is 11.8. The Morgan fingerprint density at radius 2 is 2.00 bits per heavy atom. The van der Waals surface area contributed by atoms with Crippen molar-refractivity contribution in [2.24, 2.45) is 5.73 Å². The normalized spacial score (nSPS) is 9.74. The number of hydrogen-bond acceptors (Lipinski definition) is 5. The highest BCUT2D eigenvalue weighted by Gasteiger charge is 2.14. The Balaban J connectivity index is 2.54. The molecule has 5 N–H and O–H groups in total. The lowest BCUT2D eigenvalue weighted by molar-refractivity contribution is -0.127. The maximum absolute atomic E-state index is 11.7. The van der Waals surface area contributed by atoms with Crippen LogP contribution in [-0.4, -0.2) is 30.9 Å². The molecule has 1 rings (SSSR count). The fraction of sp³-hybridized carbons (Fsp3) is 0.250. The Kier molecular flexibility index (Phi) is 4.87. The van der Waals surface area contributed by atoms with E-state index in [2.05, 4.69) is 5.32 Å².